The van der Waals surface area contributed by atoms with E-state index in [9.17, 15) is 9.90 Å². The molecule has 7 heteroatoms. The highest BCUT2D eigenvalue weighted by Crippen LogP contribution is 2.17. The van der Waals surface area contributed by atoms with Crippen LogP contribution in [0.1, 0.15) is 18.8 Å². The summed E-state index contributed by atoms with van der Waals surface area (Å²) in [5.74, 6) is 1.27. The highest BCUT2D eigenvalue weighted by Gasteiger charge is 2.27. The molecule has 142 valence electrons. The smallest absolute Gasteiger partial charge is 0.263 e. The molecule has 3 rings (SSSR count). The zero-order chi connectivity index (χ0) is 17.6. The van der Waals surface area contributed by atoms with Crippen molar-refractivity contribution in [2.24, 2.45) is 0 Å². The fourth-order valence-corrected chi connectivity index (χ4v) is 2.98. The Labute approximate surface area is 159 Å². The van der Waals surface area contributed by atoms with Crippen LogP contribution in [0.4, 0.5) is 0 Å². The second-order valence-corrected chi connectivity index (χ2v) is 6.23. The molecule has 0 spiro atoms. The van der Waals surface area contributed by atoms with Crippen molar-refractivity contribution in [3.8, 4) is 5.75 Å². The molecule has 2 heterocycles. The number of aliphatic hydroxyl groups is 1. The van der Waals surface area contributed by atoms with Crippen LogP contribution in [0, 0.1) is 0 Å². The van der Waals surface area contributed by atoms with Crippen LogP contribution in [0.15, 0.2) is 53.1 Å². The third-order valence-corrected chi connectivity index (χ3v) is 4.39. The molecule has 1 aromatic heterocycles. The predicted molar refractivity (Wildman–Crippen MR) is 100 cm³/mol. The number of carbonyl (C=O) groups excluding carboxylic acids is 1. The molecule has 26 heavy (non-hydrogen) atoms. The zero-order valence-electron chi connectivity index (χ0n) is 14.8. The van der Waals surface area contributed by atoms with Crippen molar-refractivity contribution in [2.45, 2.75) is 19.1 Å². The van der Waals surface area contributed by atoms with Crippen molar-refractivity contribution in [2.75, 3.05) is 32.7 Å². The van der Waals surface area contributed by atoms with Gasteiger partial charge in [-0.1, -0.05) is 18.2 Å². The molecule has 2 atom stereocenters. The second kappa shape index (κ2) is 9.62. The lowest BCUT2D eigenvalue weighted by Crippen LogP contribution is -2.52. The monoisotopic (exact) mass is 380 g/mol. The van der Waals surface area contributed by atoms with Gasteiger partial charge in [0.15, 0.2) is 6.10 Å². The third-order valence-electron chi connectivity index (χ3n) is 4.39. The molecule has 1 fully saturated rings. The number of benzene rings is 1. The number of hydrogen-bond acceptors (Lipinski definition) is 5. The quantitative estimate of drug-likeness (QED) is 0.833. The van der Waals surface area contributed by atoms with Crippen molar-refractivity contribution in [3.63, 3.8) is 0 Å². The molecule has 2 unspecified atom stereocenters. The van der Waals surface area contributed by atoms with Crippen LogP contribution in [0.25, 0.3) is 0 Å². The van der Waals surface area contributed by atoms with E-state index in [2.05, 4.69) is 4.90 Å². The maximum Gasteiger partial charge on any atom is 0.263 e. The number of piperazine rings is 1. The summed E-state index contributed by atoms with van der Waals surface area (Å²) in [6.07, 6.45) is 0.406. The zero-order valence-corrected chi connectivity index (χ0v) is 15.6. The van der Waals surface area contributed by atoms with Gasteiger partial charge in [-0.15, -0.1) is 12.4 Å². The van der Waals surface area contributed by atoms with Gasteiger partial charge in [-0.05, 0) is 31.2 Å². The molecule has 1 aliphatic heterocycles. The molecule has 1 aliphatic rings. The van der Waals surface area contributed by atoms with Gasteiger partial charge in [-0.2, -0.15) is 0 Å². The predicted octanol–water partition coefficient (Wildman–Crippen LogP) is 2.35. The van der Waals surface area contributed by atoms with E-state index < -0.39 is 12.2 Å². The average Bonchev–Trinajstić information content (AvgIpc) is 3.17. The number of hydrogen-bond donors (Lipinski definition) is 1. The minimum atomic E-state index is -0.641. The highest BCUT2D eigenvalue weighted by atomic mass is 35.5. The van der Waals surface area contributed by atoms with Gasteiger partial charge in [0.1, 0.15) is 17.6 Å². The van der Waals surface area contributed by atoms with E-state index in [1.165, 1.54) is 0 Å². The summed E-state index contributed by atoms with van der Waals surface area (Å²) in [6.45, 7) is 5.00. The van der Waals surface area contributed by atoms with E-state index in [4.69, 9.17) is 9.15 Å². The number of β-amino-alcohol motifs (C(OH)–C–C–N with tert-alkyl or cyclic N) is 1. The van der Waals surface area contributed by atoms with Gasteiger partial charge in [0.2, 0.25) is 0 Å². The summed E-state index contributed by atoms with van der Waals surface area (Å²) >= 11 is 0. The average molecular weight is 381 g/mol. The number of aliphatic hydroxyl groups excluding tert-OH is 1. The largest absolute Gasteiger partial charge is 0.481 e. The number of nitrogens with zero attached hydrogens (tertiary/aromatic N) is 2. The van der Waals surface area contributed by atoms with Gasteiger partial charge in [0.25, 0.3) is 5.91 Å². The van der Waals surface area contributed by atoms with Gasteiger partial charge >= 0.3 is 0 Å². The molecule has 6 nitrogen and oxygen atoms in total. The van der Waals surface area contributed by atoms with Crippen LogP contribution in [0.5, 0.6) is 5.75 Å². The standard InChI is InChI=1S/C19H24N2O4.ClH/c1-15(25-16-6-3-2-4-7-16)19(23)21-11-9-20(10-12-21)14-17(22)18-8-5-13-24-18;/h2-8,13,15,17,22H,9-12,14H2,1H3;1H. The van der Waals surface area contributed by atoms with Crippen molar-refractivity contribution < 1.29 is 19.1 Å². The van der Waals surface area contributed by atoms with Crippen LogP contribution in [-0.4, -0.2) is 59.6 Å². The van der Waals surface area contributed by atoms with Crippen LogP contribution in [0.2, 0.25) is 0 Å². The van der Waals surface area contributed by atoms with Gasteiger partial charge in [-0.3, -0.25) is 9.69 Å². The minimum absolute atomic E-state index is 0. The van der Waals surface area contributed by atoms with Crippen molar-refractivity contribution >= 4 is 18.3 Å². The fraction of sp³-hybridized carbons (Fsp3) is 0.421. The maximum atomic E-state index is 12.5. The normalized spacial score (nSPS) is 17.2. The Bertz CT molecular complexity index is 657. The Morgan fingerprint density at radius 1 is 1.15 bits per heavy atom. The summed E-state index contributed by atoms with van der Waals surface area (Å²) in [6, 6.07) is 12.9. The molecule has 0 saturated carbocycles. The summed E-state index contributed by atoms with van der Waals surface area (Å²) in [5, 5.41) is 10.2. The van der Waals surface area contributed by atoms with Crippen molar-refractivity contribution in [1.29, 1.82) is 0 Å². The maximum absolute atomic E-state index is 12.5. The Kier molecular flexibility index (Phi) is 7.50. The van der Waals surface area contributed by atoms with Gasteiger partial charge in [0, 0.05) is 32.7 Å². The Morgan fingerprint density at radius 3 is 2.46 bits per heavy atom. The Morgan fingerprint density at radius 2 is 1.85 bits per heavy atom. The molecular formula is C19H25ClN2O4. The molecule has 1 aromatic carbocycles. The molecule has 1 N–H and O–H groups in total. The summed E-state index contributed by atoms with van der Waals surface area (Å²) in [4.78, 5) is 16.5. The second-order valence-electron chi connectivity index (χ2n) is 6.23. The first-order chi connectivity index (χ1) is 12.1. The fourth-order valence-electron chi connectivity index (χ4n) is 2.98. The van der Waals surface area contributed by atoms with Crippen LogP contribution >= 0.6 is 12.4 Å². The highest BCUT2D eigenvalue weighted by molar-refractivity contribution is 5.85. The molecular weight excluding hydrogens is 356 g/mol. The van der Waals surface area contributed by atoms with Crippen molar-refractivity contribution in [3.05, 3.63) is 54.5 Å². The lowest BCUT2D eigenvalue weighted by Gasteiger charge is -2.36. The molecule has 0 bridgehead atoms. The summed E-state index contributed by atoms with van der Waals surface area (Å²) < 4.78 is 10.9. The number of ether oxygens (including phenoxy) is 1. The van der Waals surface area contributed by atoms with Crippen LogP contribution < -0.4 is 4.74 Å². The van der Waals surface area contributed by atoms with E-state index in [1.807, 2.05) is 35.2 Å². The lowest BCUT2D eigenvalue weighted by molar-refractivity contribution is -0.139. The van der Waals surface area contributed by atoms with E-state index in [1.54, 1.807) is 25.3 Å². The van der Waals surface area contributed by atoms with Crippen LogP contribution in [0.3, 0.4) is 0 Å². The van der Waals surface area contributed by atoms with E-state index in [-0.39, 0.29) is 18.3 Å². The topological polar surface area (TPSA) is 66.2 Å². The first-order valence-electron chi connectivity index (χ1n) is 8.58. The van der Waals surface area contributed by atoms with Crippen LogP contribution in [-0.2, 0) is 4.79 Å². The van der Waals surface area contributed by atoms with E-state index in [0.29, 0.717) is 31.1 Å². The summed E-state index contributed by atoms with van der Waals surface area (Å²) in [5.41, 5.74) is 0. The number of carbonyl (C=O) groups is 1. The first-order valence-corrected chi connectivity index (χ1v) is 8.58. The SMILES string of the molecule is CC(Oc1ccccc1)C(=O)N1CCN(CC(O)c2ccco2)CC1.Cl. The molecule has 2 aromatic rings. The number of halogens is 1. The van der Waals surface area contributed by atoms with Gasteiger partial charge in [0.05, 0.1) is 6.26 Å². The van der Waals surface area contributed by atoms with Crippen molar-refractivity contribution in [1.82, 2.24) is 9.80 Å². The van der Waals surface area contributed by atoms with Gasteiger partial charge in [-0.25, -0.2) is 0 Å². The summed E-state index contributed by atoms with van der Waals surface area (Å²) in [7, 11) is 0. The Hall–Kier alpha value is -2.02. The minimum Gasteiger partial charge on any atom is -0.481 e. The third kappa shape index (κ3) is 5.24. The molecule has 1 amide bonds. The molecule has 0 radical (unpaired) electrons. The number of para-hydroxylation sites is 1. The van der Waals surface area contributed by atoms with E-state index >= 15 is 0 Å². The van der Waals surface area contributed by atoms with Gasteiger partial charge < -0.3 is 19.2 Å². The van der Waals surface area contributed by atoms with E-state index in [0.717, 1.165) is 13.1 Å². The molecule has 0 aliphatic carbocycles. The lowest BCUT2D eigenvalue weighted by atomic mass is 10.2. The number of rotatable bonds is 6. The first kappa shape index (κ1) is 20.3. The number of amides is 1. The number of furan rings is 1. The molecule has 1 saturated heterocycles. The Balaban J connectivity index is 0.00000243.